The van der Waals surface area contributed by atoms with Crippen molar-refractivity contribution in [3.63, 3.8) is 0 Å². The van der Waals surface area contributed by atoms with E-state index in [4.69, 9.17) is 9.47 Å². The Balaban J connectivity index is 2.12. The molecule has 1 saturated heterocycles. The quantitative estimate of drug-likeness (QED) is 0.676. The van der Waals surface area contributed by atoms with Crippen LogP contribution in [-0.4, -0.2) is 62.4 Å². The van der Waals surface area contributed by atoms with E-state index in [0.717, 1.165) is 12.8 Å². The Hall–Kier alpha value is -1.72. The zero-order valence-electron chi connectivity index (χ0n) is 11.6. The lowest BCUT2D eigenvalue weighted by Crippen LogP contribution is -2.44. The van der Waals surface area contributed by atoms with Gasteiger partial charge < -0.3 is 19.3 Å². The van der Waals surface area contributed by atoms with Crippen LogP contribution < -0.4 is 0 Å². The van der Waals surface area contributed by atoms with Crippen LogP contribution in [0, 0.1) is 5.92 Å². The molecule has 0 aromatic heterocycles. The van der Waals surface area contributed by atoms with E-state index in [1.165, 1.54) is 19.8 Å². The van der Waals surface area contributed by atoms with Gasteiger partial charge in [0.05, 0.1) is 14.2 Å². The molecule has 0 radical (unpaired) electrons. The molecule has 1 aliphatic carbocycles. The molecule has 1 aliphatic heterocycles. The number of carbonyl (C=O) groups is 2. The summed E-state index contributed by atoms with van der Waals surface area (Å²) >= 11 is 0. The van der Waals surface area contributed by atoms with Gasteiger partial charge in [0.1, 0.15) is 0 Å². The Bertz CT molecular complexity index is 407. The van der Waals surface area contributed by atoms with Crippen LogP contribution in [0.25, 0.3) is 0 Å². The minimum Gasteiger partial charge on any atom is -0.453 e. The minimum absolute atomic E-state index is 0.0853. The Labute approximate surface area is 112 Å². The van der Waals surface area contributed by atoms with E-state index >= 15 is 0 Å². The average molecular weight is 268 g/mol. The van der Waals surface area contributed by atoms with Crippen LogP contribution in [0.4, 0.5) is 9.59 Å². The smallest absolute Gasteiger partial charge is 0.409 e. The van der Waals surface area contributed by atoms with Gasteiger partial charge in [0.2, 0.25) is 0 Å². The van der Waals surface area contributed by atoms with E-state index in [2.05, 4.69) is 6.08 Å². The number of hydrogen-bond donors (Lipinski definition) is 0. The molecule has 19 heavy (non-hydrogen) atoms. The van der Waals surface area contributed by atoms with E-state index < -0.39 is 0 Å². The molecule has 2 atom stereocenters. The fourth-order valence-corrected chi connectivity index (χ4v) is 2.99. The summed E-state index contributed by atoms with van der Waals surface area (Å²) in [7, 11) is 4.52. The summed E-state index contributed by atoms with van der Waals surface area (Å²) in [6, 6.07) is 0.0853. The van der Waals surface area contributed by atoms with E-state index in [1.54, 1.807) is 16.8 Å². The molecule has 0 saturated carbocycles. The Kier molecular flexibility index (Phi) is 3.97. The molecule has 2 aliphatic rings. The van der Waals surface area contributed by atoms with E-state index in [-0.39, 0.29) is 24.1 Å². The monoisotopic (exact) mass is 268 g/mol. The minimum atomic E-state index is -0.331. The third kappa shape index (κ3) is 2.52. The van der Waals surface area contributed by atoms with Gasteiger partial charge in [0.15, 0.2) is 0 Å². The van der Waals surface area contributed by atoms with Crippen molar-refractivity contribution < 1.29 is 19.1 Å². The second-order valence-electron chi connectivity index (χ2n) is 4.96. The van der Waals surface area contributed by atoms with Gasteiger partial charge >= 0.3 is 12.2 Å². The van der Waals surface area contributed by atoms with Crippen LogP contribution >= 0.6 is 0 Å². The molecule has 2 amide bonds. The molecule has 106 valence electrons. The highest BCUT2D eigenvalue weighted by molar-refractivity contribution is 5.69. The highest BCUT2D eigenvalue weighted by Gasteiger charge is 2.40. The van der Waals surface area contributed by atoms with E-state index in [0.29, 0.717) is 13.1 Å². The zero-order chi connectivity index (χ0) is 14.0. The summed E-state index contributed by atoms with van der Waals surface area (Å²) in [4.78, 5) is 26.6. The molecule has 1 fully saturated rings. The van der Waals surface area contributed by atoms with Gasteiger partial charge in [0, 0.05) is 32.1 Å². The molecule has 2 rings (SSSR count). The fourth-order valence-electron chi connectivity index (χ4n) is 2.99. The number of allylic oxidation sites excluding steroid dienone is 1. The summed E-state index contributed by atoms with van der Waals surface area (Å²) in [6.45, 7) is 1.20. The van der Waals surface area contributed by atoms with Gasteiger partial charge in [-0.2, -0.15) is 0 Å². The normalized spacial score (nSPS) is 25.4. The van der Waals surface area contributed by atoms with Crippen molar-refractivity contribution >= 4 is 12.2 Å². The molecule has 6 heteroatoms. The van der Waals surface area contributed by atoms with Crippen molar-refractivity contribution in [2.24, 2.45) is 5.92 Å². The standard InChI is InChI=1S/C13H20N2O4/c1-14(12(16)18-2)11-6-4-5-9-7-15(8-10(9)11)13(17)19-3/h5,10-11H,4,6-8H2,1-3H3. The number of amides is 2. The van der Waals surface area contributed by atoms with Crippen molar-refractivity contribution in [1.82, 2.24) is 9.80 Å². The second kappa shape index (κ2) is 5.50. The lowest BCUT2D eigenvalue weighted by molar-refractivity contribution is 0.0993. The molecule has 6 nitrogen and oxygen atoms in total. The van der Waals surface area contributed by atoms with Crippen LogP contribution in [-0.2, 0) is 9.47 Å². The lowest BCUT2D eigenvalue weighted by Gasteiger charge is -2.34. The molecule has 1 heterocycles. The van der Waals surface area contributed by atoms with Crippen LogP contribution in [0.3, 0.4) is 0 Å². The van der Waals surface area contributed by atoms with Crippen LogP contribution in [0.1, 0.15) is 12.8 Å². The van der Waals surface area contributed by atoms with E-state index in [1.807, 2.05) is 0 Å². The lowest BCUT2D eigenvalue weighted by atomic mass is 9.85. The maximum Gasteiger partial charge on any atom is 0.409 e. The number of methoxy groups -OCH3 is 2. The number of hydrogen-bond acceptors (Lipinski definition) is 4. The van der Waals surface area contributed by atoms with Crippen LogP contribution in [0.15, 0.2) is 11.6 Å². The first kappa shape index (κ1) is 13.7. The molecular weight excluding hydrogens is 248 g/mol. The fraction of sp³-hybridized carbons (Fsp3) is 0.692. The Morgan fingerprint density at radius 1 is 1.37 bits per heavy atom. The van der Waals surface area contributed by atoms with Gasteiger partial charge in [0.25, 0.3) is 0 Å². The van der Waals surface area contributed by atoms with Crippen LogP contribution in [0.2, 0.25) is 0 Å². The first-order valence-electron chi connectivity index (χ1n) is 6.41. The Morgan fingerprint density at radius 2 is 2.11 bits per heavy atom. The predicted molar refractivity (Wildman–Crippen MR) is 68.7 cm³/mol. The maximum atomic E-state index is 11.7. The number of fused-ring (bicyclic) bond motifs is 1. The summed E-state index contributed by atoms with van der Waals surface area (Å²) in [5.41, 5.74) is 1.22. The van der Waals surface area contributed by atoms with Gasteiger partial charge in [-0.3, -0.25) is 0 Å². The number of ether oxygens (including phenoxy) is 2. The molecular formula is C13H20N2O4. The van der Waals surface area contributed by atoms with Crippen molar-refractivity contribution in [2.75, 3.05) is 34.4 Å². The van der Waals surface area contributed by atoms with Gasteiger partial charge in [-0.05, 0) is 18.4 Å². The third-order valence-electron chi connectivity index (χ3n) is 3.99. The number of nitrogens with zero attached hydrogens (tertiary/aromatic N) is 2. The Morgan fingerprint density at radius 3 is 2.74 bits per heavy atom. The zero-order valence-corrected chi connectivity index (χ0v) is 11.6. The van der Waals surface area contributed by atoms with Crippen molar-refractivity contribution in [2.45, 2.75) is 18.9 Å². The van der Waals surface area contributed by atoms with Crippen molar-refractivity contribution in [1.29, 1.82) is 0 Å². The summed E-state index contributed by atoms with van der Waals surface area (Å²) in [6.07, 6.45) is 3.36. The molecule has 0 spiro atoms. The van der Waals surface area contributed by atoms with Crippen molar-refractivity contribution in [3.8, 4) is 0 Å². The first-order valence-corrected chi connectivity index (χ1v) is 6.41. The first-order chi connectivity index (χ1) is 9.08. The third-order valence-corrected chi connectivity index (χ3v) is 3.99. The van der Waals surface area contributed by atoms with E-state index in [9.17, 15) is 9.59 Å². The largest absolute Gasteiger partial charge is 0.453 e. The summed E-state index contributed by atoms with van der Waals surface area (Å²) in [5.74, 6) is 0.192. The summed E-state index contributed by atoms with van der Waals surface area (Å²) in [5, 5.41) is 0. The van der Waals surface area contributed by atoms with Gasteiger partial charge in [-0.15, -0.1) is 0 Å². The number of likely N-dealkylation sites (tertiary alicyclic amines) is 1. The van der Waals surface area contributed by atoms with Gasteiger partial charge in [-0.25, -0.2) is 9.59 Å². The molecule has 2 unspecified atom stereocenters. The molecule has 0 aromatic carbocycles. The topological polar surface area (TPSA) is 59.1 Å². The highest BCUT2D eigenvalue weighted by atomic mass is 16.5. The predicted octanol–water partition coefficient (Wildman–Crippen LogP) is 1.47. The molecule has 0 bridgehead atoms. The average Bonchev–Trinajstić information content (AvgIpc) is 2.88. The van der Waals surface area contributed by atoms with Gasteiger partial charge in [-0.1, -0.05) is 6.08 Å². The summed E-state index contributed by atoms with van der Waals surface area (Å²) < 4.78 is 9.53. The highest BCUT2D eigenvalue weighted by Crippen LogP contribution is 2.34. The SMILES string of the molecule is COC(=O)N1CC2=CCCC(N(C)C(=O)OC)C2C1. The number of rotatable bonds is 1. The molecule has 0 aromatic rings. The van der Waals surface area contributed by atoms with Crippen molar-refractivity contribution in [3.05, 3.63) is 11.6 Å². The maximum absolute atomic E-state index is 11.7. The molecule has 0 N–H and O–H groups in total. The second-order valence-corrected chi connectivity index (χ2v) is 4.96. The van der Waals surface area contributed by atoms with Crippen LogP contribution in [0.5, 0.6) is 0 Å². The number of carbonyl (C=O) groups excluding carboxylic acids is 2.